The Bertz CT molecular complexity index is 1000. The molecule has 8 heteroatoms. The van der Waals surface area contributed by atoms with Crippen molar-refractivity contribution in [3.05, 3.63) is 59.4 Å². The van der Waals surface area contributed by atoms with E-state index in [1.54, 1.807) is 35.2 Å². The zero-order chi connectivity index (χ0) is 20.3. The maximum absolute atomic E-state index is 13.5. The summed E-state index contributed by atoms with van der Waals surface area (Å²) in [5, 5.41) is 0.542. The molecule has 1 aromatic heterocycles. The average molecular weight is 436 g/mol. The van der Waals surface area contributed by atoms with Crippen LogP contribution in [0.2, 0.25) is 0 Å². The van der Waals surface area contributed by atoms with Crippen LogP contribution in [0.3, 0.4) is 0 Å². The Morgan fingerprint density at radius 1 is 1.03 bits per heavy atom. The van der Waals surface area contributed by atoms with Gasteiger partial charge in [0.2, 0.25) is 0 Å². The summed E-state index contributed by atoms with van der Waals surface area (Å²) >= 11 is 1.30. The molecule has 0 spiro atoms. The topological polar surface area (TPSA) is 53.5 Å². The molecule has 1 heterocycles. The molecule has 0 radical (unpaired) electrons. The molecule has 5 nitrogen and oxygen atoms in total. The predicted molar refractivity (Wildman–Crippen MR) is 118 cm³/mol. The highest BCUT2D eigenvalue weighted by atomic mass is 35.5. The van der Waals surface area contributed by atoms with Crippen LogP contribution < -0.4 is 4.90 Å². The summed E-state index contributed by atoms with van der Waals surface area (Å²) in [6, 6.07) is 11.0. The van der Waals surface area contributed by atoms with Crippen molar-refractivity contribution in [2.75, 3.05) is 32.1 Å². The number of rotatable bonds is 7. The van der Waals surface area contributed by atoms with Gasteiger partial charge in [-0.1, -0.05) is 23.5 Å². The van der Waals surface area contributed by atoms with E-state index in [9.17, 15) is 14.0 Å². The summed E-state index contributed by atoms with van der Waals surface area (Å²) in [6.45, 7) is 2.81. The zero-order valence-electron chi connectivity index (χ0n) is 16.5. The van der Waals surface area contributed by atoms with Crippen molar-refractivity contribution in [3.63, 3.8) is 0 Å². The summed E-state index contributed by atoms with van der Waals surface area (Å²) in [6.07, 6.45) is 0.772. The van der Waals surface area contributed by atoms with Gasteiger partial charge >= 0.3 is 0 Å². The predicted octanol–water partition coefficient (Wildman–Crippen LogP) is 4.66. The molecule has 0 aliphatic carbocycles. The number of fused-ring (bicyclic) bond motifs is 1. The third-order valence-corrected chi connectivity index (χ3v) is 5.38. The number of hydrogen-bond acceptors (Lipinski definition) is 5. The van der Waals surface area contributed by atoms with Gasteiger partial charge < -0.3 is 4.90 Å². The molecule has 0 aliphatic heterocycles. The fraction of sp³-hybridized carbons (Fsp3) is 0.286. The zero-order valence-corrected chi connectivity index (χ0v) is 18.1. The second kappa shape index (κ2) is 9.91. The summed E-state index contributed by atoms with van der Waals surface area (Å²) in [7, 11) is 3.96. The Kier molecular flexibility index (Phi) is 7.84. The van der Waals surface area contributed by atoms with Crippen molar-refractivity contribution < 1.29 is 14.0 Å². The fourth-order valence-corrected chi connectivity index (χ4v) is 3.85. The number of nitrogens with zero attached hydrogens (tertiary/aromatic N) is 3. The lowest BCUT2D eigenvalue weighted by Gasteiger charge is -2.21. The summed E-state index contributed by atoms with van der Waals surface area (Å²) in [5.41, 5.74) is 1.71. The number of carbonyl (C=O) groups is 2. The van der Waals surface area contributed by atoms with Crippen molar-refractivity contribution in [1.29, 1.82) is 0 Å². The first kappa shape index (κ1) is 22.9. The van der Waals surface area contributed by atoms with Gasteiger partial charge in [0.15, 0.2) is 10.9 Å². The number of Topliss-reactive ketones (excluding diaryl/α,β-unsaturated/α-hetero) is 1. The van der Waals surface area contributed by atoms with Crippen LogP contribution in [0.15, 0.2) is 42.5 Å². The fourth-order valence-electron chi connectivity index (χ4n) is 2.83. The molecule has 0 saturated heterocycles. The summed E-state index contributed by atoms with van der Waals surface area (Å²) in [5.74, 6) is -0.559. The molecule has 0 N–H and O–H groups in total. The average Bonchev–Trinajstić information content (AvgIpc) is 3.07. The van der Waals surface area contributed by atoms with Crippen molar-refractivity contribution in [2.24, 2.45) is 0 Å². The highest BCUT2D eigenvalue weighted by molar-refractivity contribution is 7.22. The first-order chi connectivity index (χ1) is 13.3. The van der Waals surface area contributed by atoms with Gasteiger partial charge in [-0.25, -0.2) is 9.37 Å². The smallest absolute Gasteiger partial charge is 0.260 e. The van der Waals surface area contributed by atoms with Crippen LogP contribution in [0, 0.1) is 5.82 Å². The van der Waals surface area contributed by atoms with Gasteiger partial charge in [-0.3, -0.25) is 14.5 Å². The van der Waals surface area contributed by atoms with E-state index in [1.165, 1.54) is 30.4 Å². The van der Waals surface area contributed by atoms with Crippen molar-refractivity contribution in [3.8, 4) is 0 Å². The molecule has 0 bridgehead atoms. The van der Waals surface area contributed by atoms with E-state index in [-0.39, 0.29) is 29.9 Å². The van der Waals surface area contributed by atoms with E-state index >= 15 is 0 Å². The lowest BCUT2D eigenvalue weighted by Crippen LogP contribution is -2.33. The van der Waals surface area contributed by atoms with Crippen LogP contribution in [0.1, 0.15) is 34.1 Å². The van der Waals surface area contributed by atoms with Gasteiger partial charge in [0, 0.05) is 17.7 Å². The quantitative estimate of drug-likeness (QED) is 0.506. The second-order valence-corrected chi connectivity index (χ2v) is 7.86. The lowest BCUT2D eigenvalue weighted by molar-refractivity contribution is 0.0981. The molecule has 154 valence electrons. The van der Waals surface area contributed by atoms with Crippen molar-refractivity contribution in [2.45, 2.75) is 13.3 Å². The van der Waals surface area contributed by atoms with Crippen LogP contribution in [-0.2, 0) is 0 Å². The van der Waals surface area contributed by atoms with Crippen molar-refractivity contribution >= 4 is 50.8 Å². The highest BCUT2D eigenvalue weighted by Gasteiger charge is 2.21. The number of anilines is 1. The molecular weight excluding hydrogens is 413 g/mol. The largest absolute Gasteiger partial charge is 0.309 e. The van der Waals surface area contributed by atoms with Gasteiger partial charge in [0.05, 0.1) is 10.2 Å². The molecular formula is C21H23ClFN3O2S. The molecule has 3 rings (SSSR count). The van der Waals surface area contributed by atoms with Crippen LogP contribution >= 0.6 is 23.7 Å². The Labute approximate surface area is 179 Å². The van der Waals surface area contributed by atoms with E-state index in [1.807, 2.05) is 14.1 Å². The lowest BCUT2D eigenvalue weighted by atomic mass is 10.1. The normalized spacial score (nSPS) is 10.8. The van der Waals surface area contributed by atoms with E-state index in [4.69, 9.17) is 0 Å². The maximum atomic E-state index is 13.5. The molecule has 3 aromatic rings. The second-order valence-electron chi connectivity index (χ2n) is 6.86. The van der Waals surface area contributed by atoms with E-state index in [0.29, 0.717) is 33.0 Å². The van der Waals surface area contributed by atoms with Crippen LogP contribution in [-0.4, -0.2) is 48.8 Å². The Balaban J connectivity index is 0.00000300. The van der Waals surface area contributed by atoms with Crippen LogP contribution in [0.4, 0.5) is 9.52 Å². The maximum Gasteiger partial charge on any atom is 0.260 e. The number of carbonyl (C=O) groups excluding carboxylic acids is 2. The first-order valence-corrected chi connectivity index (χ1v) is 9.80. The highest BCUT2D eigenvalue weighted by Crippen LogP contribution is 2.30. The molecule has 2 aromatic carbocycles. The van der Waals surface area contributed by atoms with Gasteiger partial charge in [-0.05, 0) is 64.3 Å². The Morgan fingerprint density at radius 2 is 1.69 bits per heavy atom. The molecule has 0 aliphatic rings. The number of thiazole rings is 1. The summed E-state index contributed by atoms with van der Waals surface area (Å²) in [4.78, 5) is 32.9. The molecule has 1 amide bonds. The van der Waals surface area contributed by atoms with E-state index < -0.39 is 0 Å². The number of amides is 1. The monoisotopic (exact) mass is 435 g/mol. The third kappa shape index (κ3) is 5.59. The first-order valence-electron chi connectivity index (χ1n) is 8.99. The van der Waals surface area contributed by atoms with Crippen LogP contribution in [0.5, 0.6) is 0 Å². The molecule has 0 fully saturated rings. The standard InChI is InChI=1S/C21H22FN3O2S.ClH/c1-14(26)15-5-7-16(8-6-15)20(27)25(12-4-11-24(2)3)21-23-18-10-9-17(22)13-19(18)28-21;/h5-10,13H,4,11-12H2,1-3H3;1H. The third-order valence-electron chi connectivity index (χ3n) is 4.34. The number of aromatic nitrogens is 1. The Morgan fingerprint density at radius 3 is 2.31 bits per heavy atom. The van der Waals surface area contributed by atoms with E-state index in [0.717, 1.165) is 13.0 Å². The minimum atomic E-state index is -0.326. The number of ketones is 1. The number of hydrogen-bond donors (Lipinski definition) is 0. The number of halogens is 2. The SMILES string of the molecule is CC(=O)c1ccc(C(=O)N(CCCN(C)C)c2nc3ccc(F)cc3s2)cc1.Cl. The number of benzene rings is 2. The summed E-state index contributed by atoms with van der Waals surface area (Å²) < 4.78 is 14.2. The molecule has 0 atom stereocenters. The minimum absolute atomic E-state index is 0. The van der Waals surface area contributed by atoms with Crippen molar-refractivity contribution in [1.82, 2.24) is 9.88 Å². The van der Waals surface area contributed by atoms with Crippen LogP contribution in [0.25, 0.3) is 10.2 Å². The van der Waals surface area contributed by atoms with Gasteiger partial charge in [-0.2, -0.15) is 0 Å². The molecule has 0 saturated carbocycles. The van der Waals surface area contributed by atoms with Gasteiger partial charge in [0.25, 0.3) is 5.91 Å². The Hall–Kier alpha value is -2.35. The minimum Gasteiger partial charge on any atom is -0.309 e. The molecule has 29 heavy (non-hydrogen) atoms. The van der Waals surface area contributed by atoms with Gasteiger partial charge in [-0.15, -0.1) is 12.4 Å². The molecule has 0 unspecified atom stereocenters. The van der Waals surface area contributed by atoms with Gasteiger partial charge in [0.1, 0.15) is 5.82 Å². The van der Waals surface area contributed by atoms with E-state index in [2.05, 4.69) is 9.88 Å².